The Morgan fingerprint density at radius 2 is 1.05 bits per heavy atom. The molecule has 56 heavy (non-hydrogen) atoms. The number of phosphoric ester groups is 1. The van der Waals surface area contributed by atoms with Crippen LogP contribution in [0.3, 0.4) is 0 Å². The van der Waals surface area contributed by atoms with Crippen molar-refractivity contribution in [1.29, 1.82) is 0 Å². The number of hydrogen-bond donors (Lipinski definition) is 0. The molecule has 0 rings (SSSR count). The molecule has 0 saturated carbocycles. The third-order valence-corrected chi connectivity index (χ3v) is 8.27. The smallest absolute Gasteiger partial charge is 0.306 e. The molecule has 0 amide bonds. The van der Waals surface area contributed by atoms with E-state index in [1.165, 1.54) is 0 Å². The van der Waals surface area contributed by atoms with Crippen LogP contribution in [0.4, 0.5) is 0 Å². The first kappa shape index (κ1) is 52.2. The van der Waals surface area contributed by atoms with Crippen LogP contribution in [0, 0.1) is 0 Å². The Morgan fingerprint density at radius 3 is 1.57 bits per heavy atom. The second-order valence-electron chi connectivity index (χ2n) is 13.7. The predicted octanol–water partition coefficient (Wildman–Crippen LogP) is 10.5. The van der Waals surface area contributed by atoms with Gasteiger partial charge in [-0.05, 0) is 64.2 Å². The van der Waals surface area contributed by atoms with Gasteiger partial charge in [-0.1, -0.05) is 148 Å². The van der Waals surface area contributed by atoms with E-state index in [0.717, 1.165) is 44.9 Å². The average molecular weight is 796 g/mol. The number of ether oxygens (including phenoxy) is 2. The highest BCUT2D eigenvalue weighted by molar-refractivity contribution is 7.45. The van der Waals surface area contributed by atoms with Crippen LogP contribution in [0.5, 0.6) is 0 Å². The number of esters is 2. The molecule has 0 bridgehead atoms. The monoisotopic (exact) mass is 795 g/mol. The lowest BCUT2D eigenvalue weighted by atomic mass is 10.2. The van der Waals surface area contributed by atoms with E-state index in [9.17, 15) is 19.0 Å². The molecule has 0 aliphatic heterocycles. The standard InChI is InChI=1S/C46H70NO8P/c1-6-8-10-12-14-16-18-20-21-22-23-24-25-27-28-30-32-34-36-38-45(48)52-42-44(43-54-56(50,51)53-41-40-47(3,4)5)55-46(49)39-37-35-33-31-29-26-19-17-15-13-11-9-7-2/h8-11,13-17,19-21,23-24,26-29,31-34,44H,6-7,12,18,22,25,30,35-43H2,1-5H3/b10-8+,11-9+,15-13+,16-14+,19-17+,21-20+,24-23+,28-27+,29-26+,33-31+,34-32+. The first-order chi connectivity index (χ1) is 27.0. The second kappa shape index (κ2) is 36.8. The van der Waals surface area contributed by atoms with Crippen molar-refractivity contribution >= 4 is 19.8 Å². The fourth-order valence-corrected chi connectivity index (χ4v) is 4.97. The number of likely N-dealkylation sites (N-methyl/N-ethyl adjacent to an activating group) is 1. The average Bonchev–Trinajstić information content (AvgIpc) is 3.15. The summed E-state index contributed by atoms with van der Waals surface area (Å²) in [6.07, 6.45) is 52.3. The maximum absolute atomic E-state index is 12.6. The molecule has 10 heteroatoms. The number of carbonyl (C=O) groups excluding carboxylic acids is 2. The molecule has 0 saturated heterocycles. The highest BCUT2D eigenvalue weighted by Gasteiger charge is 2.21. The largest absolute Gasteiger partial charge is 0.756 e. The van der Waals surface area contributed by atoms with E-state index in [2.05, 4.69) is 80.7 Å². The number of unbranched alkanes of at least 4 members (excludes halogenated alkanes) is 1. The third kappa shape index (κ3) is 39.8. The van der Waals surface area contributed by atoms with Gasteiger partial charge >= 0.3 is 11.9 Å². The second-order valence-corrected chi connectivity index (χ2v) is 15.1. The predicted molar refractivity (Wildman–Crippen MR) is 231 cm³/mol. The first-order valence-corrected chi connectivity index (χ1v) is 21.4. The summed E-state index contributed by atoms with van der Waals surface area (Å²) in [5, 5.41) is 0. The van der Waals surface area contributed by atoms with Gasteiger partial charge in [0.1, 0.15) is 19.8 Å². The summed E-state index contributed by atoms with van der Waals surface area (Å²) in [4.78, 5) is 37.3. The van der Waals surface area contributed by atoms with Crippen LogP contribution in [-0.2, 0) is 32.7 Å². The van der Waals surface area contributed by atoms with Gasteiger partial charge in [-0.3, -0.25) is 14.2 Å². The Bertz CT molecular complexity index is 1410. The number of nitrogens with zero attached hydrogens (tertiary/aromatic N) is 1. The quantitative estimate of drug-likeness (QED) is 0.0161. The van der Waals surface area contributed by atoms with Crippen LogP contribution >= 0.6 is 7.82 Å². The molecule has 0 aliphatic rings. The zero-order chi connectivity index (χ0) is 41.4. The summed E-state index contributed by atoms with van der Waals surface area (Å²) in [5.74, 6) is -1.04. The Balaban J connectivity index is 4.66. The fraction of sp³-hybridized carbons (Fsp3) is 0.478. The van der Waals surface area contributed by atoms with Crippen LogP contribution in [0.2, 0.25) is 0 Å². The van der Waals surface area contributed by atoms with E-state index in [1.807, 2.05) is 88.0 Å². The molecule has 2 unspecified atom stereocenters. The van der Waals surface area contributed by atoms with Crippen molar-refractivity contribution in [1.82, 2.24) is 0 Å². The summed E-state index contributed by atoms with van der Waals surface area (Å²) in [5.41, 5.74) is 0. The lowest BCUT2D eigenvalue weighted by Gasteiger charge is -2.28. The van der Waals surface area contributed by atoms with Crippen molar-refractivity contribution in [2.45, 2.75) is 97.0 Å². The van der Waals surface area contributed by atoms with Crippen molar-refractivity contribution in [2.24, 2.45) is 0 Å². The Morgan fingerprint density at radius 1 is 0.571 bits per heavy atom. The third-order valence-electron chi connectivity index (χ3n) is 7.31. The maximum atomic E-state index is 12.6. The highest BCUT2D eigenvalue weighted by atomic mass is 31.2. The van der Waals surface area contributed by atoms with Gasteiger partial charge in [-0.15, -0.1) is 0 Å². The molecule has 312 valence electrons. The van der Waals surface area contributed by atoms with E-state index in [4.69, 9.17) is 18.5 Å². The van der Waals surface area contributed by atoms with Crippen molar-refractivity contribution in [2.75, 3.05) is 47.5 Å². The van der Waals surface area contributed by atoms with Crippen LogP contribution in [0.25, 0.3) is 0 Å². The molecule has 0 aromatic rings. The van der Waals surface area contributed by atoms with E-state index in [0.29, 0.717) is 30.3 Å². The molecular weight excluding hydrogens is 725 g/mol. The minimum atomic E-state index is -4.67. The molecule has 2 atom stereocenters. The van der Waals surface area contributed by atoms with Gasteiger partial charge in [0, 0.05) is 12.8 Å². The number of rotatable bonds is 33. The topological polar surface area (TPSA) is 111 Å². The summed E-state index contributed by atoms with van der Waals surface area (Å²) in [6.45, 7) is 3.73. The fourth-order valence-electron chi connectivity index (χ4n) is 4.24. The van der Waals surface area contributed by atoms with Crippen molar-refractivity contribution < 1.29 is 42.1 Å². The first-order valence-electron chi connectivity index (χ1n) is 20.0. The van der Waals surface area contributed by atoms with E-state index < -0.39 is 32.5 Å². The van der Waals surface area contributed by atoms with Gasteiger partial charge in [0.25, 0.3) is 7.82 Å². The van der Waals surface area contributed by atoms with Crippen molar-refractivity contribution in [3.05, 3.63) is 134 Å². The van der Waals surface area contributed by atoms with Gasteiger partial charge in [-0.2, -0.15) is 0 Å². The molecule has 9 nitrogen and oxygen atoms in total. The Kier molecular flexibility index (Phi) is 34.2. The number of quaternary nitrogens is 1. The molecular formula is C46H70NO8P. The number of allylic oxidation sites excluding steroid dienone is 22. The molecule has 0 heterocycles. The molecule has 0 aliphatic carbocycles. The van der Waals surface area contributed by atoms with Gasteiger partial charge < -0.3 is 27.9 Å². The molecule has 0 spiro atoms. The lowest BCUT2D eigenvalue weighted by molar-refractivity contribution is -0.870. The minimum absolute atomic E-state index is 0.0645. The Hall–Kier alpha value is -3.85. The SMILES string of the molecule is CC/C=C/C=C/C=C/C=C/C=C/CCCC(=O)OC(COC(=O)CC/C=C/C/C=C/C/C=C/C/C=C/C/C=C/C/C=C/CC)COP(=O)([O-])OCC[N+](C)(C)C. The maximum Gasteiger partial charge on any atom is 0.306 e. The number of carbonyl (C=O) groups is 2. The highest BCUT2D eigenvalue weighted by Crippen LogP contribution is 2.38. The van der Waals surface area contributed by atoms with E-state index >= 15 is 0 Å². The minimum Gasteiger partial charge on any atom is -0.756 e. The van der Waals surface area contributed by atoms with E-state index in [-0.39, 0.29) is 26.1 Å². The molecule has 0 radical (unpaired) electrons. The summed E-state index contributed by atoms with van der Waals surface area (Å²) in [6, 6.07) is 0. The Labute approximate surface area is 339 Å². The summed E-state index contributed by atoms with van der Waals surface area (Å²) >= 11 is 0. The van der Waals surface area contributed by atoms with Crippen LogP contribution in [0.1, 0.15) is 90.9 Å². The van der Waals surface area contributed by atoms with Crippen molar-refractivity contribution in [3.63, 3.8) is 0 Å². The number of phosphoric acid groups is 1. The number of hydrogen-bond acceptors (Lipinski definition) is 8. The van der Waals surface area contributed by atoms with Gasteiger partial charge in [0.05, 0.1) is 27.7 Å². The van der Waals surface area contributed by atoms with Crippen LogP contribution in [-0.4, -0.2) is 70.0 Å². The zero-order valence-electron chi connectivity index (χ0n) is 34.8. The molecule has 0 N–H and O–H groups in total. The van der Waals surface area contributed by atoms with Crippen LogP contribution < -0.4 is 4.89 Å². The van der Waals surface area contributed by atoms with E-state index in [1.54, 1.807) is 0 Å². The molecule has 0 fully saturated rings. The zero-order valence-corrected chi connectivity index (χ0v) is 35.6. The van der Waals surface area contributed by atoms with Gasteiger partial charge in [0.2, 0.25) is 0 Å². The van der Waals surface area contributed by atoms with Crippen LogP contribution in [0.15, 0.2) is 134 Å². The lowest BCUT2D eigenvalue weighted by Crippen LogP contribution is -2.37. The molecule has 0 aromatic heterocycles. The molecule has 0 aromatic carbocycles. The summed E-state index contributed by atoms with van der Waals surface area (Å²) in [7, 11) is 1.05. The van der Waals surface area contributed by atoms with Crippen molar-refractivity contribution in [3.8, 4) is 0 Å². The van der Waals surface area contributed by atoms with Gasteiger partial charge in [-0.25, -0.2) is 0 Å². The van der Waals surface area contributed by atoms with Gasteiger partial charge in [0.15, 0.2) is 6.10 Å². The summed E-state index contributed by atoms with van der Waals surface area (Å²) < 4.78 is 33.6. The normalized spacial score (nSPS) is 15.0.